The number of hydrogen-bond acceptors (Lipinski definition) is 4. The third-order valence-corrected chi connectivity index (χ3v) is 2.09. The number of carbonyl (C=O) groups is 2. The summed E-state index contributed by atoms with van der Waals surface area (Å²) in [5, 5.41) is 0. The normalized spacial score (nSPS) is 10.9. The molecule has 0 aliphatic carbocycles. The third kappa shape index (κ3) is 4.37. The van der Waals surface area contributed by atoms with Crippen molar-refractivity contribution in [3.8, 4) is 0 Å². The van der Waals surface area contributed by atoms with Crippen LogP contribution in [0, 0.1) is 5.82 Å². The van der Waals surface area contributed by atoms with Gasteiger partial charge in [-0.2, -0.15) is 0 Å². The Labute approximate surface area is 104 Å². The molecule has 1 aromatic rings. The minimum atomic E-state index is -0.597. The zero-order valence-corrected chi connectivity index (χ0v) is 10.1. The molecule has 0 aliphatic heterocycles. The van der Waals surface area contributed by atoms with E-state index in [9.17, 15) is 14.0 Å². The highest BCUT2D eigenvalue weighted by Crippen LogP contribution is 2.10. The second kappa shape index (κ2) is 6.54. The predicted octanol–water partition coefficient (Wildman–Crippen LogP) is 1.95. The van der Waals surface area contributed by atoms with Crippen molar-refractivity contribution in [2.24, 2.45) is 0 Å². The molecule has 0 fully saturated rings. The summed E-state index contributed by atoms with van der Waals surface area (Å²) < 4.78 is 22.0. The highest BCUT2D eigenvalue weighted by atomic mass is 19.1. The van der Waals surface area contributed by atoms with Crippen LogP contribution in [0.15, 0.2) is 29.8 Å². The maximum Gasteiger partial charge on any atom is 0.337 e. The molecule has 0 N–H and O–H groups in total. The first kappa shape index (κ1) is 13.9. The number of benzene rings is 1. The van der Waals surface area contributed by atoms with Gasteiger partial charge in [0.1, 0.15) is 12.4 Å². The standard InChI is InChI=1S/C13H13FO4/c1-9(15)18-8-11(13(16)17-2)7-10-3-5-12(14)6-4-10/h3-7H,8H2,1-2H3/b11-7+. The van der Waals surface area contributed by atoms with Crippen molar-refractivity contribution in [3.63, 3.8) is 0 Å². The van der Waals surface area contributed by atoms with Crippen molar-refractivity contribution in [1.29, 1.82) is 0 Å². The summed E-state index contributed by atoms with van der Waals surface area (Å²) in [6.07, 6.45) is 1.48. The lowest BCUT2D eigenvalue weighted by Gasteiger charge is -2.06. The van der Waals surface area contributed by atoms with Gasteiger partial charge in [0.15, 0.2) is 0 Å². The van der Waals surface area contributed by atoms with Crippen LogP contribution in [0.1, 0.15) is 12.5 Å². The summed E-state index contributed by atoms with van der Waals surface area (Å²) >= 11 is 0. The number of methoxy groups -OCH3 is 1. The number of hydrogen-bond donors (Lipinski definition) is 0. The average Bonchev–Trinajstić information content (AvgIpc) is 2.35. The first-order valence-corrected chi connectivity index (χ1v) is 5.20. The molecule has 1 rings (SSSR count). The quantitative estimate of drug-likeness (QED) is 0.607. The van der Waals surface area contributed by atoms with E-state index in [0.29, 0.717) is 5.56 Å². The summed E-state index contributed by atoms with van der Waals surface area (Å²) in [7, 11) is 1.23. The SMILES string of the molecule is COC(=O)/C(=C/c1ccc(F)cc1)COC(C)=O. The zero-order chi connectivity index (χ0) is 13.5. The van der Waals surface area contributed by atoms with E-state index in [-0.39, 0.29) is 18.0 Å². The van der Waals surface area contributed by atoms with Gasteiger partial charge in [-0.15, -0.1) is 0 Å². The number of rotatable bonds is 4. The molecule has 0 aromatic heterocycles. The van der Waals surface area contributed by atoms with Gasteiger partial charge < -0.3 is 9.47 Å². The van der Waals surface area contributed by atoms with Gasteiger partial charge in [-0.05, 0) is 23.8 Å². The van der Waals surface area contributed by atoms with E-state index in [0.717, 1.165) is 0 Å². The van der Waals surface area contributed by atoms with Crippen LogP contribution in [0.3, 0.4) is 0 Å². The third-order valence-electron chi connectivity index (χ3n) is 2.09. The second-order valence-corrected chi connectivity index (χ2v) is 3.49. The van der Waals surface area contributed by atoms with E-state index >= 15 is 0 Å². The van der Waals surface area contributed by atoms with E-state index < -0.39 is 11.9 Å². The minimum absolute atomic E-state index is 0.180. The molecule has 0 saturated carbocycles. The molecule has 0 unspecified atom stereocenters. The Morgan fingerprint density at radius 1 is 1.28 bits per heavy atom. The molecule has 0 aliphatic rings. The molecule has 96 valence electrons. The Morgan fingerprint density at radius 2 is 1.89 bits per heavy atom. The molecule has 0 amide bonds. The average molecular weight is 252 g/mol. The molecule has 0 radical (unpaired) electrons. The van der Waals surface area contributed by atoms with E-state index in [2.05, 4.69) is 4.74 Å². The van der Waals surface area contributed by atoms with Gasteiger partial charge in [0, 0.05) is 6.92 Å². The Morgan fingerprint density at radius 3 is 2.39 bits per heavy atom. The Kier molecular flexibility index (Phi) is 5.05. The summed E-state index contributed by atoms with van der Waals surface area (Å²) in [5.74, 6) is -1.46. The molecular weight excluding hydrogens is 239 g/mol. The fraction of sp³-hybridized carbons (Fsp3) is 0.231. The number of esters is 2. The van der Waals surface area contributed by atoms with Gasteiger partial charge >= 0.3 is 11.9 Å². The Balaban J connectivity index is 2.90. The zero-order valence-electron chi connectivity index (χ0n) is 10.1. The monoisotopic (exact) mass is 252 g/mol. The van der Waals surface area contributed by atoms with E-state index in [4.69, 9.17) is 4.74 Å². The van der Waals surface area contributed by atoms with Gasteiger partial charge in [-0.3, -0.25) is 4.79 Å². The molecule has 0 atom stereocenters. The van der Waals surface area contributed by atoms with Gasteiger partial charge in [0.2, 0.25) is 0 Å². The van der Waals surface area contributed by atoms with Crippen LogP contribution < -0.4 is 0 Å². The van der Waals surface area contributed by atoms with Crippen molar-refractivity contribution in [1.82, 2.24) is 0 Å². The highest BCUT2D eigenvalue weighted by molar-refractivity contribution is 5.94. The van der Waals surface area contributed by atoms with Gasteiger partial charge in [-0.1, -0.05) is 12.1 Å². The van der Waals surface area contributed by atoms with Crippen LogP contribution in [-0.4, -0.2) is 25.7 Å². The van der Waals surface area contributed by atoms with Crippen molar-refractivity contribution in [2.75, 3.05) is 13.7 Å². The van der Waals surface area contributed by atoms with E-state index in [1.54, 1.807) is 0 Å². The number of ether oxygens (including phenoxy) is 2. The Hall–Kier alpha value is -2.17. The van der Waals surface area contributed by atoms with Crippen LogP contribution in [-0.2, 0) is 19.1 Å². The summed E-state index contributed by atoms with van der Waals surface area (Å²) in [6.45, 7) is 1.06. The van der Waals surface area contributed by atoms with Crippen LogP contribution in [0.4, 0.5) is 4.39 Å². The molecule has 4 nitrogen and oxygen atoms in total. The topological polar surface area (TPSA) is 52.6 Å². The lowest BCUT2D eigenvalue weighted by molar-refractivity contribution is -0.141. The van der Waals surface area contributed by atoms with Gasteiger partial charge in [0.05, 0.1) is 12.7 Å². The summed E-state index contributed by atoms with van der Waals surface area (Å²) in [4.78, 5) is 22.1. The first-order chi connectivity index (χ1) is 8.52. The lowest BCUT2D eigenvalue weighted by Crippen LogP contribution is -2.12. The molecule has 0 heterocycles. The van der Waals surface area contributed by atoms with E-state index in [1.807, 2.05) is 0 Å². The van der Waals surface area contributed by atoms with Crippen LogP contribution >= 0.6 is 0 Å². The van der Waals surface area contributed by atoms with E-state index in [1.165, 1.54) is 44.4 Å². The predicted molar refractivity (Wildman–Crippen MR) is 63.0 cm³/mol. The lowest BCUT2D eigenvalue weighted by atomic mass is 10.1. The maximum atomic E-state index is 12.7. The summed E-state index contributed by atoms with van der Waals surface area (Å²) in [5.41, 5.74) is 0.795. The highest BCUT2D eigenvalue weighted by Gasteiger charge is 2.11. The van der Waals surface area contributed by atoms with Crippen molar-refractivity contribution in [2.45, 2.75) is 6.92 Å². The fourth-order valence-electron chi connectivity index (χ4n) is 1.23. The molecule has 5 heteroatoms. The number of halogens is 1. The molecule has 18 heavy (non-hydrogen) atoms. The molecule has 0 bridgehead atoms. The number of carbonyl (C=O) groups excluding carboxylic acids is 2. The minimum Gasteiger partial charge on any atom is -0.466 e. The van der Waals surface area contributed by atoms with Crippen molar-refractivity contribution < 1.29 is 23.5 Å². The van der Waals surface area contributed by atoms with Gasteiger partial charge in [0.25, 0.3) is 0 Å². The van der Waals surface area contributed by atoms with Gasteiger partial charge in [-0.25, -0.2) is 9.18 Å². The smallest absolute Gasteiger partial charge is 0.337 e. The second-order valence-electron chi connectivity index (χ2n) is 3.49. The molecule has 1 aromatic carbocycles. The van der Waals surface area contributed by atoms with Crippen molar-refractivity contribution in [3.05, 3.63) is 41.2 Å². The molecular formula is C13H13FO4. The maximum absolute atomic E-state index is 12.7. The molecule has 0 spiro atoms. The van der Waals surface area contributed by atoms with Crippen molar-refractivity contribution >= 4 is 18.0 Å². The first-order valence-electron chi connectivity index (χ1n) is 5.20. The Bertz CT molecular complexity index is 462. The van der Waals surface area contributed by atoms with Crippen LogP contribution in [0.5, 0.6) is 0 Å². The van der Waals surface area contributed by atoms with Crippen LogP contribution in [0.25, 0.3) is 6.08 Å². The fourth-order valence-corrected chi connectivity index (χ4v) is 1.23. The van der Waals surface area contributed by atoms with Crippen LogP contribution in [0.2, 0.25) is 0 Å². The summed E-state index contributed by atoms with van der Waals surface area (Å²) in [6, 6.07) is 5.55. The molecule has 0 saturated heterocycles. The largest absolute Gasteiger partial charge is 0.466 e.